The summed E-state index contributed by atoms with van der Waals surface area (Å²) in [4.78, 5) is 15.8. The van der Waals surface area contributed by atoms with Gasteiger partial charge in [-0.3, -0.25) is 9.89 Å². The third-order valence-corrected chi connectivity index (χ3v) is 3.23. The molecule has 0 aromatic carbocycles. The Morgan fingerprint density at radius 1 is 1.56 bits per heavy atom. The lowest BCUT2D eigenvalue weighted by molar-refractivity contribution is -0.127. The predicted molar refractivity (Wildman–Crippen MR) is 65.5 cm³/mol. The van der Waals surface area contributed by atoms with E-state index < -0.39 is 0 Å². The highest BCUT2D eigenvalue weighted by atomic mass is 16.3. The van der Waals surface area contributed by atoms with Crippen molar-refractivity contribution < 1.29 is 9.90 Å². The number of amides is 1. The summed E-state index contributed by atoms with van der Waals surface area (Å²) < 4.78 is 0. The highest BCUT2D eigenvalue weighted by Crippen LogP contribution is 2.24. The molecular weight excluding hydrogens is 234 g/mol. The SMILES string of the molecule is Nc1n[nH]c(CCNC(=O)[C@H]2CCC[C@@H](O)C2)n1. The van der Waals surface area contributed by atoms with Crippen LogP contribution in [0.2, 0.25) is 0 Å². The highest BCUT2D eigenvalue weighted by Gasteiger charge is 2.25. The van der Waals surface area contributed by atoms with Gasteiger partial charge in [-0.2, -0.15) is 4.98 Å². The van der Waals surface area contributed by atoms with E-state index in [2.05, 4.69) is 20.5 Å². The third-order valence-electron chi connectivity index (χ3n) is 3.23. The summed E-state index contributed by atoms with van der Waals surface area (Å²) >= 11 is 0. The molecule has 7 heteroatoms. The second kappa shape index (κ2) is 5.81. The fourth-order valence-electron chi connectivity index (χ4n) is 2.27. The Labute approximate surface area is 105 Å². The molecule has 0 aliphatic heterocycles. The quantitative estimate of drug-likeness (QED) is 0.582. The van der Waals surface area contributed by atoms with E-state index in [0.717, 1.165) is 19.3 Å². The number of aliphatic hydroxyl groups excluding tert-OH is 1. The summed E-state index contributed by atoms with van der Waals surface area (Å²) in [6, 6.07) is 0. The molecule has 0 spiro atoms. The minimum absolute atomic E-state index is 0.0150. The summed E-state index contributed by atoms with van der Waals surface area (Å²) in [6.45, 7) is 0.500. The molecule has 100 valence electrons. The number of hydrogen-bond acceptors (Lipinski definition) is 5. The number of nitrogens with one attached hydrogen (secondary N) is 2. The van der Waals surface area contributed by atoms with Gasteiger partial charge in [-0.05, 0) is 19.3 Å². The van der Waals surface area contributed by atoms with Crippen LogP contribution in [0.5, 0.6) is 0 Å². The van der Waals surface area contributed by atoms with E-state index in [0.29, 0.717) is 25.2 Å². The molecule has 1 heterocycles. The third kappa shape index (κ3) is 3.43. The van der Waals surface area contributed by atoms with Gasteiger partial charge >= 0.3 is 0 Å². The second-order valence-corrected chi connectivity index (χ2v) is 4.70. The maximum absolute atomic E-state index is 11.8. The van der Waals surface area contributed by atoms with Gasteiger partial charge in [0.15, 0.2) is 0 Å². The lowest BCUT2D eigenvalue weighted by Crippen LogP contribution is -2.36. The molecular formula is C11H19N5O2. The summed E-state index contributed by atoms with van der Waals surface area (Å²) in [6.07, 6.45) is 3.40. The van der Waals surface area contributed by atoms with Crippen molar-refractivity contribution in [1.82, 2.24) is 20.5 Å². The van der Waals surface area contributed by atoms with Crippen LogP contribution in [-0.2, 0) is 11.2 Å². The van der Waals surface area contributed by atoms with E-state index >= 15 is 0 Å². The molecule has 0 saturated heterocycles. The first-order chi connectivity index (χ1) is 8.65. The standard InChI is InChI=1S/C11H19N5O2/c12-11-14-9(15-16-11)4-5-13-10(18)7-2-1-3-8(17)6-7/h7-8,17H,1-6H2,(H,13,18)(H3,12,14,15,16)/t7-,8+/m0/s1. The van der Waals surface area contributed by atoms with Crippen molar-refractivity contribution in [3.8, 4) is 0 Å². The van der Waals surface area contributed by atoms with Crippen molar-refractivity contribution >= 4 is 11.9 Å². The molecule has 0 unspecified atom stereocenters. The first kappa shape index (κ1) is 12.8. The number of aromatic amines is 1. The molecule has 0 bridgehead atoms. The van der Waals surface area contributed by atoms with Crippen LogP contribution in [0.25, 0.3) is 0 Å². The molecule has 1 aliphatic rings. The number of carbonyl (C=O) groups is 1. The summed E-state index contributed by atoms with van der Waals surface area (Å²) in [7, 11) is 0. The summed E-state index contributed by atoms with van der Waals surface area (Å²) in [5.41, 5.74) is 5.37. The fraction of sp³-hybridized carbons (Fsp3) is 0.727. The van der Waals surface area contributed by atoms with Crippen LogP contribution in [-0.4, -0.2) is 38.8 Å². The molecule has 7 nitrogen and oxygen atoms in total. The Balaban J connectivity index is 1.71. The second-order valence-electron chi connectivity index (χ2n) is 4.70. The number of rotatable bonds is 4. The van der Waals surface area contributed by atoms with E-state index in [9.17, 15) is 9.90 Å². The van der Waals surface area contributed by atoms with Crippen molar-refractivity contribution in [2.45, 2.75) is 38.2 Å². The molecule has 0 radical (unpaired) electrons. The van der Waals surface area contributed by atoms with Gasteiger partial charge in [-0.15, -0.1) is 5.10 Å². The number of aromatic nitrogens is 3. The highest BCUT2D eigenvalue weighted by molar-refractivity contribution is 5.78. The topological polar surface area (TPSA) is 117 Å². The number of H-pyrrole nitrogens is 1. The Kier molecular flexibility index (Phi) is 4.14. The van der Waals surface area contributed by atoms with E-state index in [1.165, 1.54) is 0 Å². The molecule has 1 aliphatic carbocycles. The van der Waals surface area contributed by atoms with Gasteiger partial charge in [0, 0.05) is 18.9 Å². The van der Waals surface area contributed by atoms with Gasteiger partial charge < -0.3 is 16.2 Å². The van der Waals surface area contributed by atoms with Crippen LogP contribution in [0.15, 0.2) is 0 Å². The molecule has 1 fully saturated rings. The van der Waals surface area contributed by atoms with Gasteiger partial charge in [-0.25, -0.2) is 0 Å². The van der Waals surface area contributed by atoms with Crippen molar-refractivity contribution in [2.75, 3.05) is 12.3 Å². The Hall–Kier alpha value is -1.63. The molecule has 1 amide bonds. The van der Waals surface area contributed by atoms with Crippen LogP contribution in [0.4, 0.5) is 5.95 Å². The fourth-order valence-corrected chi connectivity index (χ4v) is 2.27. The Morgan fingerprint density at radius 3 is 3.06 bits per heavy atom. The largest absolute Gasteiger partial charge is 0.393 e. The summed E-state index contributed by atoms with van der Waals surface area (Å²) in [5.74, 6) is 0.831. The zero-order valence-corrected chi connectivity index (χ0v) is 10.2. The molecule has 5 N–H and O–H groups in total. The number of anilines is 1. The van der Waals surface area contributed by atoms with Gasteiger partial charge in [-0.1, -0.05) is 6.42 Å². The maximum Gasteiger partial charge on any atom is 0.239 e. The molecule has 18 heavy (non-hydrogen) atoms. The Morgan fingerprint density at radius 2 is 2.39 bits per heavy atom. The van der Waals surface area contributed by atoms with Crippen LogP contribution in [0.1, 0.15) is 31.5 Å². The van der Waals surface area contributed by atoms with E-state index in [1.54, 1.807) is 0 Å². The minimum atomic E-state index is -0.330. The lowest BCUT2D eigenvalue weighted by atomic mass is 9.87. The molecule has 2 atom stereocenters. The first-order valence-electron chi connectivity index (χ1n) is 6.27. The van der Waals surface area contributed by atoms with E-state index in [4.69, 9.17) is 5.73 Å². The number of aliphatic hydroxyl groups is 1. The Bertz CT molecular complexity index is 406. The van der Waals surface area contributed by atoms with Crippen molar-refractivity contribution in [2.24, 2.45) is 5.92 Å². The predicted octanol–water partition coefficient (Wildman–Crippen LogP) is -0.403. The normalized spacial score (nSPS) is 23.8. The maximum atomic E-state index is 11.8. The average Bonchev–Trinajstić information content (AvgIpc) is 2.75. The van der Waals surface area contributed by atoms with Gasteiger partial charge in [0.25, 0.3) is 0 Å². The van der Waals surface area contributed by atoms with Crippen molar-refractivity contribution in [3.63, 3.8) is 0 Å². The minimum Gasteiger partial charge on any atom is -0.393 e. The number of carbonyl (C=O) groups excluding carboxylic acids is 1. The number of hydrogen-bond donors (Lipinski definition) is 4. The van der Waals surface area contributed by atoms with Crippen molar-refractivity contribution in [1.29, 1.82) is 0 Å². The monoisotopic (exact) mass is 253 g/mol. The smallest absolute Gasteiger partial charge is 0.239 e. The molecule has 2 rings (SSSR count). The zero-order chi connectivity index (χ0) is 13.0. The number of nitrogens with two attached hydrogens (primary N) is 1. The lowest BCUT2D eigenvalue weighted by Gasteiger charge is -2.24. The zero-order valence-electron chi connectivity index (χ0n) is 10.2. The van der Waals surface area contributed by atoms with Gasteiger partial charge in [0.2, 0.25) is 11.9 Å². The van der Waals surface area contributed by atoms with E-state index in [1.807, 2.05) is 0 Å². The molecule has 1 aromatic heterocycles. The molecule has 1 saturated carbocycles. The van der Waals surface area contributed by atoms with Crippen LogP contribution < -0.4 is 11.1 Å². The average molecular weight is 253 g/mol. The van der Waals surface area contributed by atoms with E-state index in [-0.39, 0.29) is 23.9 Å². The van der Waals surface area contributed by atoms with Crippen LogP contribution in [0.3, 0.4) is 0 Å². The van der Waals surface area contributed by atoms with Crippen LogP contribution in [0, 0.1) is 5.92 Å². The van der Waals surface area contributed by atoms with Gasteiger partial charge in [0.05, 0.1) is 6.10 Å². The molecule has 1 aromatic rings. The van der Waals surface area contributed by atoms with Crippen molar-refractivity contribution in [3.05, 3.63) is 5.82 Å². The van der Waals surface area contributed by atoms with Crippen LogP contribution >= 0.6 is 0 Å². The number of nitrogens with zero attached hydrogens (tertiary/aromatic N) is 2. The summed E-state index contributed by atoms with van der Waals surface area (Å²) in [5, 5.41) is 18.8. The van der Waals surface area contributed by atoms with Gasteiger partial charge in [0.1, 0.15) is 5.82 Å². The first-order valence-corrected chi connectivity index (χ1v) is 6.27. The number of nitrogen functional groups attached to an aromatic ring is 1.